The Morgan fingerprint density at radius 3 is 2.48 bits per heavy atom. The van der Waals surface area contributed by atoms with Crippen molar-refractivity contribution in [2.75, 3.05) is 32.7 Å². The fraction of sp³-hybridized carbons (Fsp3) is 0.706. The number of pyridine rings is 1. The number of hydrogen-bond acceptors (Lipinski definition) is 5. The Morgan fingerprint density at radius 2 is 1.83 bits per heavy atom. The molecule has 0 unspecified atom stereocenters. The fourth-order valence-corrected chi connectivity index (χ4v) is 3.74. The molecule has 23 heavy (non-hydrogen) atoms. The molecule has 2 aliphatic rings. The molecule has 1 aromatic rings. The summed E-state index contributed by atoms with van der Waals surface area (Å²) < 4.78 is 0. The molecule has 0 aromatic carbocycles. The maximum Gasteiger partial charge on any atom is 0.211 e. The number of nitrogens with zero attached hydrogens (tertiary/aromatic N) is 3. The molecule has 0 aliphatic carbocycles. The summed E-state index contributed by atoms with van der Waals surface area (Å²) in [5, 5.41) is 2.71. The van der Waals surface area contributed by atoms with Crippen LogP contribution in [0.25, 0.3) is 0 Å². The van der Waals surface area contributed by atoms with Gasteiger partial charge in [-0.3, -0.25) is 9.69 Å². The predicted octanol–water partition coefficient (Wildman–Crippen LogP) is 2.47. The minimum Gasteiger partial charge on any atom is -0.362 e. The van der Waals surface area contributed by atoms with Gasteiger partial charge in [0.05, 0.1) is 0 Å². The van der Waals surface area contributed by atoms with E-state index in [1.54, 1.807) is 0 Å². The molecule has 0 saturated carbocycles. The van der Waals surface area contributed by atoms with Crippen LogP contribution in [0.1, 0.15) is 37.8 Å². The second kappa shape index (κ2) is 7.84. The Balaban J connectivity index is 1.46. The van der Waals surface area contributed by atoms with Crippen molar-refractivity contribution < 1.29 is 0 Å². The third-order valence-corrected chi connectivity index (χ3v) is 5.12. The van der Waals surface area contributed by atoms with E-state index in [4.69, 9.17) is 0 Å². The van der Waals surface area contributed by atoms with Gasteiger partial charge in [-0.1, -0.05) is 6.42 Å². The molecule has 0 bridgehead atoms. The Kier molecular flexibility index (Phi) is 5.56. The van der Waals surface area contributed by atoms with Gasteiger partial charge in [-0.15, -0.1) is 4.91 Å². The zero-order valence-corrected chi connectivity index (χ0v) is 13.7. The first kappa shape index (κ1) is 16.3. The number of piperidine rings is 2. The first-order chi connectivity index (χ1) is 11.2. The van der Waals surface area contributed by atoms with E-state index >= 15 is 0 Å². The van der Waals surface area contributed by atoms with Gasteiger partial charge in [-0.05, 0) is 63.0 Å². The van der Waals surface area contributed by atoms with Crippen LogP contribution in [0.4, 0.5) is 5.69 Å². The lowest BCUT2D eigenvalue weighted by molar-refractivity contribution is 0.127. The molecule has 126 valence electrons. The lowest BCUT2D eigenvalue weighted by atomic mass is 9.95. The van der Waals surface area contributed by atoms with Gasteiger partial charge in [-0.2, -0.15) is 0 Å². The van der Waals surface area contributed by atoms with Crippen LogP contribution in [0.15, 0.2) is 22.2 Å². The number of likely N-dealkylation sites (tertiary alicyclic amines) is 2. The van der Waals surface area contributed by atoms with Gasteiger partial charge in [0.15, 0.2) is 5.69 Å². The maximum absolute atomic E-state index is 11.6. The van der Waals surface area contributed by atoms with E-state index < -0.39 is 0 Å². The lowest BCUT2D eigenvalue weighted by Crippen LogP contribution is -2.40. The van der Waals surface area contributed by atoms with Crippen LogP contribution >= 0.6 is 0 Å². The minimum absolute atomic E-state index is 0.0472. The third-order valence-electron chi connectivity index (χ3n) is 5.12. The number of hydrogen-bond donors (Lipinski definition) is 1. The SMILES string of the molecule is O=Nc1c[nH]c(CN2CCC(CN3CCCCC3)CC2)cc1=O. The molecule has 1 aromatic heterocycles. The Morgan fingerprint density at radius 1 is 1.09 bits per heavy atom. The lowest BCUT2D eigenvalue weighted by Gasteiger charge is -2.36. The highest BCUT2D eigenvalue weighted by molar-refractivity contribution is 5.33. The van der Waals surface area contributed by atoms with Crippen LogP contribution in [0.3, 0.4) is 0 Å². The maximum atomic E-state index is 11.6. The average molecular weight is 318 g/mol. The summed E-state index contributed by atoms with van der Waals surface area (Å²) in [6.07, 6.45) is 7.98. The smallest absolute Gasteiger partial charge is 0.211 e. The zero-order valence-electron chi connectivity index (χ0n) is 13.7. The van der Waals surface area contributed by atoms with Crippen LogP contribution in [0.5, 0.6) is 0 Å². The summed E-state index contributed by atoms with van der Waals surface area (Å²) in [4.78, 5) is 30.1. The van der Waals surface area contributed by atoms with Gasteiger partial charge in [0.25, 0.3) is 0 Å². The average Bonchev–Trinajstić information content (AvgIpc) is 2.58. The van der Waals surface area contributed by atoms with Crippen LogP contribution < -0.4 is 5.43 Å². The Bertz CT molecular complexity index is 572. The largest absolute Gasteiger partial charge is 0.362 e. The van der Waals surface area contributed by atoms with Crippen LogP contribution in [-0.2, 0) is 6.54 Å². The van der Waals surface area contributed by atoms with Gasteiger partial charge in [0.1, 0.15) is 0 Å². The van der Waals surface area contributed by atoms with Gasteiger partial charge in [-0.25, -0.2) is 0 Å². The van der Waals surface area contributed by atoms with E-state index in [-0.39, 0.29) is 11.1 Å². The van der Waals surface area contributed by atoms with Gasteiger partial charge in [0, 0.05) is 31.0 Å². The van der Waals surface area contributed by atoms with Crippen molar-refractivity contribution in [3.63, 3.8) is 0 Å². The van der Waals surface area contributed by atoms with Crippen LogP contribution in [0.2, 0.25) is 0 Å². The van der Waals surface area contributed by atoms with E-state index in [1.165, 1.54) is 64.0 Å². The number of aromatic nitrogens is 1. The van der Waals surface area contributed by atoms with Gasteiger partial charge >= 0.3 is 0 Å². The van der Waals surface area contributed by atoms with Crippen LogP contribution in [-0.4, -0.2) is 47.5 Å². The quantitative estimate of drug-likeness (QED) is 0.847. The highest BCUT2D eigenvalue weighted by atomic mass is 16.3. The number of nitrogens with one attached hydrogen (secondary N) is 1. The number of nitroso groups, excluding NO2 is 1. The normalized spacial score (nSPS) is 21.4. The standard InChI is InChI=1S/C17H26N4O2/c22-17-10-15(18-11-16(17)19-23)13-21-8-4-14(5-9-21)12-20-6-2-1-3-7-20/h10-11,14H,1-9,12-13H2,(H,18,22). The minimum atomic E-state index is -0.297. The van der Waals surface area contributed by atoms with Crippen molar-refractivity contribution in [3.05, 3.63) is 33.1 Å². The van der Waals surface area contributed by atoms with Crippen molar-refractivity contribution in [1.29, 1.82) is 0 Å². The summed E-state index contributed by atoms with van der Waals surface area (Å²) in [5.41, 5.74) is 0.514. The highest BCUT2D eigenvalue weighted by Gasteiger charge is 2.22. The van der Waals surface area contributed by atoms with E-state index in [0.717, 1.165) is 31.2 Å². The molecular weight excluding hydrogens is 292 g/mol. The van der Waals surface area contributed by atoms with Crippen molar-refractivity contribution in [1.82, 2.24) is 14.8 Å². The highest BCUT2D eigenvalue weighted by Crippen LogP contribution is 2.21. The second-order valence-corrected chi connectivity index (χ2v) is 6.88. The Hall–Kier alpha value is -1.53. The molecule has 2 saturated heterocycles. The summed E-state index contributed by atoms with van der Waals surface area (Å²) in [7, 11) is 0. The molecule has 0 atom stereocenters. The van der Waals surface area contributed by atoms with Crippen molar-refractivity contribution in [2.24, 2.45) is 11.1 Å². The van der Waals surface area contributed by atoms with E-state index in [9.17, 15) is 9.70 Å². The fourth-order valence-electron chi connectivity index (χ4n) is 3.74. The summed E-state index contributed by atoms with van der Waals surface area (Å²) in [6, 6.07) is 1.50. The summed E-state index contributed by atoms with van der Waals surface area (Å²) >= 11 is 0. The van der Waals surface area contributed by atoms with E-state index in [1.807, 2.05) is 0 Å². The van der Waals surface area contributed by atoms with Gasteiger partial charge in [0.2, 0.25) is 5.43 Å². The van der Waals surface area contributed by atoms with Crippen molar-refractivity contribution >= 4 is 5.69 Å². The van der Waals surface area contributed by atoms with Crippen molar-refractivity contribution in [2.45, 2.75) is 38.6 Å². The third kappa shape index (κ3) is 4.48. The monoisotopic (exact) mass is 318 g/mol. The molecule has 3 heterocycles. The molecule has 2 fully saturated rings. The van der Waals surface area contributed by atoms with E-state index in [2.05, 4.69) is 20.0 Å². The van der Waals surface area contributed by atoms with E-state index in [0.29, 0.717) is 0 Å². The molecule has 0 radical (unpaired) electrons. The summed E-state index contributed by atoms with van der Waals surface area (Å²) in [5.74, 6) is 0.810. The molecular formula is C17H26N4O2. The first-order valence-electron chi connectivity index (χ1n) is 8.74. The zero-order chi connectivity index (χ0) is 16.1. The number of rotatable bonds is 5. The predicted molar refractivity (Wildman–Crippen MR) is 90.8 cm³/mol. The van der Waals surface area contributed by atoms with Crippen LogP contribution in [0, 0.1) is 10.8 Å². The molecule has 6 nitrogen and oxygen atoms in total. The number of H-pyrrole nitrogens is 1. The Labute approximate surface area is 136 Å². The molecule has 1 N–H and O–H groups in total. The molecule has 3 rings (SSSR count). The molecule has 6 heteroatoms. The number of aromatic amines is 1. The van der Waals surface area contributed by atoms with Gasteiger partial charge < -0.3 is 9.88 Å². The second-order valence-electron chi connectivity index (χ2n) is 6.88. The molecule has 0 spiro atoms. The van der Waals surface area contributed by atoms with Crippen molar-refractivity contribution in [3.8, 4) is 0 Å². The molecule has 2 aliphatic heterocycles. The molecule has 0 amide bonds. The summed E-state index contributed by atoms with van der Waals surface area (Å²) in [6.45, 7) is 6.70. The topological polar surface area (TPSA) is 68.8 Å². The first-order valence-corrected chi connectivity index (χ1v) is 8.74.